The van der Waals surface area contributed by atoms with Gasteiger partial charge < -0.3 is 15.5 Å². The Morgan fingerprint density at radius 1 is 1.09 bits per heavy atom. The number of carbonyl (C=O) groups is 2. The highest BCUT2D eigenvalue weighted by Gasteiger charge is 2.35. The molecule has 8 nitrogen and oxygen atoms in total. The molecule has 0 aliphatic rings. The topological polar surface area (TPSA) is 111 Å². The van der Waals surface area contributed by atoms with Crippen LogP contribution >= 0.6 is 0 Å². The Bertz CT molecular complexity index is 1240. The van der Waals surface area contributed by atoms with Crippen LogP contribution in [0.4, 0.5) is 24.5 Å². The zero-order chi connectivity index (χ0) is 25.6. The molecule has 1 atom stereocenters. The predicted octanol–water partition coefficient (Wildman–Crippen LogP) is 3.41. The highest BCUT2D eigenvalue weighted by molar-refractivity contribution is 6.01. The summed E-state index contributed by atoms with van der Waals surface area (Å²) < 4.78 is 38.6. The van der Waals surface area contributed by atoms with Crippen LogP contribution in [0.25, 0.3) is 0 Å². The Morgan fingerprint density at radius 3 is 2.31 bits per heavy atom. The summed E-state index contributed by atoms with van der Waals surface area (Å²) in [7, 11) is 3.71. The number of halogens is 3. The van der Waals surface area contributed by atoms with Crippen LogP contribution in [0.3, 0.4) is 0 Å². The number of hydrogen-bond donors (Lipinski definition) is 2. The van der Waals surface area contributed by atoms with Gasteiger partial charge in [0, 0.05) is 31.8 Å². The first kappa shape index (κ1) is 25.2. The van der Waals surface area contributed by atoms with Gasteiger partial charge in [-0.2, -0.15) is 18.4 Å². The third-order valence-corrected chi connectivity index (χ3v) is 4.96. The van der Waals surface area contributed by atoms with Crippen molar-refractivity contribution in [2.24, 2.45) is 0 Å². The SMILES string of the molecule is CN(C)c1ccc(C(=O)N[C@@H](Cc2ccccc2)C(=O)Nc2cnc(C(F)(F)F)nc2C#N)cc1. The molecule has 2 N–H and O–H groups in total. The van der Waals surface area contributed by atoms with Crippen LogP contribution < -0.4 is 15.5 Å². The molecular weight excluding hydrogens is 461 g/mol. The predicted molar refractivity (Wildman–Crippen MR) is 123 cm³/mol. The van der Waals surface area contributed by atoms with Gasteiger partial charge in [-0.1, -0.05) is 30.3 Å². The molecule has 0 saturated carbocycles. The van der Waals surface area contributed by atoms with E-state index in [1.807, 2.05) is 19.0 Å². The maximum absolute atomic E-state index is 13.1. The van der Waals surface area contributed by atoms with Crippen molar-refractivity contribution in [2.75, 3.05) is 24.3 Å². The number of hydrogen-bond acceptors (Lipinski definition) is 6. The number of alkyl halides is 3. The summed E-state index contributed by atoms with van der Waals surface area (Å²) in [5.41, 5.74) is 0.987. The molecule has 35 heavy (non-hydrogen) atoms. The minimum absolute atomic E-state index is 0.0948. The fourth-order valence-electron chi connectivity index (χ4n) is 3.13. The Balaban J connectivity index is 1.84. The molecule has 0 fully saturated rings. The van der Waals surface area contributed by atoms with E-state index in [0.29, 0.717) is 11.8 Å². The molecule has 2 aromatic carbocycles. The largest absolute Gasteiger partial charge is 0.451 e. The molecular formula is C24H21F3N6O2. The molecule has 3 rings (SSSR count). The molecule has 3 aromatic rings. The van der Waals surface area contributed by atoms with Crippen molar-refractivity contribution in [2.45, 2.75) is 18.6 Å². The van der Waals surface area contributed by atoms with E-state index in [4.69, 9.17) is 0 Å². The van der Waals surface area contributed by atoms with E-state index in [2.05, 4.69) is 20.6 Å². The second-order valence-electron chi connectivity index (χ2n) is 7.71. The van der Waals surface area contributed by atoms with Gasteiger partial charge in [0.1, 0.15) is 12.1 Å². The minimum Gasteiger partial charge on any atom is -0.378 e. The van der Waals surface area contributed by atoms with Crippen LogP contribution in [0.1, 0.15) is 27.4 Å². The summed E-state index contributed by atoms with van der Waals surface area (Å²) in [6.45, 7) is 0. The lowest BCUT2D eigenvalue weighted by Gasteiger charge is -2.19. The lowest BCUT2D eigenvalue weighted by atomic mass is 10.0. The normalized spacial score (nSPS) is 11.8. The Kier molecular flexibility index (Phi) is 7.66. The summed E-state index contributed by atoms with van der Waals surface area (Å²) in [6.07, 6.45) is -4.04. The Morgan fingerprint density at radius 2 is 1.74 bits per heavy atom. The van der Waals surface area contributed by atoms with Gasteiger partial charge in [-0.25, -0.2) is 9.97 Å². The summed E-state index contributed by atoms with van der Waals surface area (Å²) in [5, 5.41) is 14.2. The lowest BCUT2D eigenvalue weighted by molar-refractivity contribution is -0.145. The maximum atomic E-state index is 13.1. The number of anilines is 2. The molecule has 2 amide bonds. The summed E-state index contributed by atoms with van der Waals surface area (Å²) in [4.78, 5) is 34.2. The van der Waals surface area contributed by atoms with Crippen molar-refractivity contribution in [1.82, 2.24) is 15.3 Å². The molecule has 1 heterocycles. The van der Waals surface area contributed by atoms with Crippen LogP contribution in [0.5, 0.6) is 0 Å². The highest BCUT2D eigenvalue weighted by Crippen LogP contribution is 2.27. The lowest BCUT2D eigenvalue weighted by Crippen LogP contribution is -2.45. The number of rotatable bonds is 7. The van der Waals surface area contributed by atoms with E-state index in [0.717, 1.165) is 11.3 Å². The number of carbonyl (C=O) groups excluding carboxylic acids is 2. The van der Waals surface area contributed by atoms with Crippen molar-refractivity contribution in [3.05, 3.63) is 83.4 Å². The zero-order valence-electron chi connectivity index (χ0n) is 18.8. The minimum atomic E-state index is -4.85. The summed E-state index contributed by atoms with van der Waals surface area (Å²) in [5.74, 6) is -2.76. The van der Waals surface area contributed by atoms with Gasteiger partial charge in [-0.15, -0.1) is 0 Å². The highest BCUT2D eigenvalue weighted by atomic mass is 19.4. The van der Waals surface area contributed by atoms with Crippen molar-refractivity contribution in [3.8, 4) is 6.07 Å². The van der Waals surface area contributed by atoms with Crippen LogP contribution in [-0.4, -0.2) is 41.9 Å². The van der Waals surface area contributed by atoms with Gasteiger partial charge in [0.05, 0.1) is 11.9 Å². The average Bonchev–Trinajstić information content (AvgIpc) is 2.83. The van der Waals surface area contributed by atoms with Gasteiger partial charge in [0.15, 0.2) is 5.69 Å². The van der Waals surface area contributed by atoms with E-state index < -0.39 is 35.6 Å². The number of nitriles is 1. The van der Waals surface area contributed by atoms with Crippen LogP contribution in [0.2, 0.25) is 0 Å². The van der Waals surface area contributed by atoms with E-state index in [1.165, 1.54) is 6.07 Å². The number of amides is 2. The second kappa shape index (κ2) is 10.6. The average molecular weight is 482 g/mol. The molecule has 11 heteroatoms. The first-order valence-corrected chi connectivity index (χ1v) is 10.4. The molecule has 0 aliphatic heterocycles. The van der Waals surface area contributed by atoms with E-state index in [1.54, 1.807) is 54.6 Å². The zero-order valence-corrected chi connectivity index (χ0v) is 18.8. The molecule has 0 unspecified atom stereocenters. The number of nitrogens with one attached hydrogen (secondary N) is 2. The Labute approximate surface area is 199 Å². The van der Waals surface area contributed by atoms with Crippen molar-refractivity contribution in [1.29, 1.82) is 5.26 Å². The molecule has 180 valence electrons. The molecule has 0 spiro atoms. The van der Waals surface area contributed by atoms with Crippen molar-refractivity contribution in [3.63, 3.8) is 0 Å². The standard InChI is InChI=1S/C24H21F3N6O2/c1-33(2)17-10-8-16(9-11-17)21(34)30-18(12-15-6-4-3-5-7-15)22(35)31-20-14-29-23(24(25,26)27)32-19(20)13-28/h3-11,14,18H,12H2,1-2H3,(H,30,34)(H,31,35)/t18-/m0/s1. The smallest absolute Gasteiger partial charge is 0.378 e. The van der Waals surface area contributed by atoms with Gasteiger partial charge >= 0.3 is 6.18 Å². The molecule has 0 saturated heterocycles. The second-order valence-corrected chi connectivity index (χ2v) is 7.71. The molecule has 0 bridgehead atoms. The van der Waals surface area contributed by atoms with Gasteiger partial charge in [-0.3, -0.25) is 9.59 Å². The summed E-state index contributed by atoms with van der Waals surface area (Å²) in [6, 6.07) is 16.0. The number of benzene rings is 2. The van der Waals surface area contributed by atoms with Crippen LogP contribution in [-0.2, 0) is 17.4 Å². The third-order valence-electron chi connectivity index (χ3n) is 4.96. The maximum Gasteiger partial charge on any atom is 0.451 e. The monoisotopic (exact) mass is 482 g/mol. The first-order chi connectivity index (χ1) is 16.6. The fraction of sp³-hybridized carbons (Fsp3) is 0.208. The van der Waals surface area contributed by atoms with E-state index in [-0.39, 0.29) is 12.1 Å². The molecule has 0 radical (unpaired) electrons. The van der Waals surface area contributed by atoms with Gasteiger partial charge in [0.2, 0.25) is 11.7 Å². The number of nitrogens with zero attached hydrogens (tertiary/aromatic N) is 4. The Hall–Kier alpha value is -4.46. The van der Waals surface area contributed by atoms with Crippen LogP contribution in [0, 0.1) is 11.3 Å². The third kappa shape index (κ3) is 6.54. The molecule has 1 aromatic heterocycles. The van der Waals surface area contributed by atoms with Gasteiger partial charge in [0.25, 0.3) is 5.91 Å². The molecule has 0 aliphatic carbocycles. The van der Waals surface area contributed by atoms with Crippen molar-refractivity contribution >= 4 is 23.2 Å². The van der Waals surface area contributed by atoms with Gasteiger partial charge in [-0.05, 0) is 29.8 Å². The van der Waals surface area contributed by atoms with Crippen molar-refractivity contribution < 1.29 is 22.8 Å². The fourth-order valence-corrected chi connectivity index (χ4v) is 3.13. The first-order valence-electron chi connectivity index (χ1n) is 10.4. The quantitative estimate of drug-likeness (QED) is 0.534. The van der Waals surface area contributed by atoms with E-state index in [9.17, 15) is 28.0 Å². The van der Waals surface area contributed by atoms with E-state index >= 15 is 0 Å². The number of aromatic nitrogens is 2. The summed E-state index contributed by atoms with van der Waals surface area (Å²) >= 11 is 0. The van der Waals surface area contributed by atoms with Crippen LogP contribution in [0.15, 0.2) is 60.8 Å².